The Morgan fingerprint density at radius 1 is 1.20 bits per heavy atom. The third-order valence-corrected chi connectivity index (χ3v) is 6.36. The smallest absolute Gasteiger partial charge is 0.229 e. The predicted molar refractivity (Wildman–Crippen MR) is 102 cm³/mol. The summed E-state index contributed by atoms with van der Waals surface area (Å²) in [7, 11) is 3.56. The van der Waals surface area contributed by atoms with Gasteiger partial charge in [0.2, 0.25) is 5.91 Å². The minimum Gasteiger partial charge on any atom is -0.369 e. The van der Waals surface area contributed by atoms with Gasteiger partial charge in [-0.15, -0.1) is 11.3 Å². The molecule has 2 aromatic rings. The fraction of sp³-hybridized carbons (Fsp3) is 0.632. The van der Waals surface area contributed by atoms with Gasteiger partial charge in [-0.2, -0.15) is 0 Å². The maximum Gasteiger partial charge on any atom is 0.229 e. The normalized spacial score (nSPS) is 17.2. The average Bonchev–Trinajstić information content (AvgIpc) is 3.37. The number of carbonyl (C=O) groups is 1. The highest BCUT2D eigenvalue weighted by molar-refractivity contribution is 7.19. The fourth-order valence-electron chi connectivity index (χ4n) is 3.44. The number of hydrogen-bond donors (Lipinski definition) is 1. The first-order chi connectivity index (χ1) is 12.1. The van der Waals surface area contributed by atoms with Gasteiger partial charge in [-0.25, -0.2) is 9.97 Å². The van der Waals surface area contributed by atoms with Gasteiger partial charge < -0.3 is 10.2 Å². The molecule has 0 unspecified atom stereocenters. The van der Waals surface area contributed by atoms with Crippen LogP contribution in [0, 0.1) is 5.92 Å². The molecule has 0 aromatic carbocycles. The summed E-state index contributed by atoms with van der Waals surface area (Å²) < 4.78 is 0. The molecule has 2 aromatic heterocycles. The molecule has 2 heterocycles. The second kappa shape index (κ2) is 6.90. The third kappa shape index (κ3) is 3.64. The topological polar surface area (TPSA) is 58.1 Å². The van der Waals surface area contributed by atoms with Crippen molar-refractivity contribution in [1.29, 1.82) is 0 Å². The summed E-state index contributed by atoms with van der Waals surface area (Å²) in [5.74, 6) is 2.43. The maximum absolute atomic E-state index is 12.1. The number of aromatic nitrogens is 2. The number of rotatable bonds is 5. The van der Waals surface area contributed by atoms with E-state index in [0.717, 1.165) is 36.0 Å². The van der Waals surface area contributed by atoms with E-state index in [-0.39, 0.29) is 12.3 Å². The minimum absolute atomic E-state index is 0.0469. The molecule has 0 bridgehead atoms. The first-order valence-electron chi connectivity index (χ1n) is 9.37. The van der Waals surface area contributed by atoms with Crippen LogP contribution in [-0.4, -0.2) is 41.4 Å². The summed E-state index contributed by atoms with van der Waals surface area (Å²) in [6.07, 6.45) is 9.01. The lowest BCUT2D eigenvalue weighted by Crippen LogP contribution is -2.24. The van der Waals surface area contributed by atoms with Crippen molar-refractivity contribution in [2.45, 2.75) is 51.4 Å². The zero-order valence-electron chi connectivity index (χ0n) is 15.1. The van der Waals surface area contributed by atoms with E-state index in [1.807, 2.05) is 11.3 Å². The molecule has 0 spiro atoms. The molecule has 134 valence electrons. The molecule has 1 N–H and O–H groups in total. The van der Waals surface area contributed by atoms with Crippen molar-refractivity contribution in [1.82, 2.24) is 14.9 Å². The summed E-state index contributed by atoms with van der Waals surface area (Å²) in [5.41, 5.74) is 1.46. The van der Waals surface area contributed by atoms with Crippen molar-refractivity contribution >= 4 is 33.3 Å². The number of amides is 1. The molecule has 1 amide bonds. The Labute approximate surface area is 152 Å². The van der Waals surface area contributed by atoms with Crippen molar-refractivity contribution in [3.8, 4) is 0 Å². The van der Waals surface area contributed by atoms with Gasteiger partial charge in [0.15, 0.2) is 0 Å². The first kappa shape index (κ1) is 16.8. The molecule has 6 heteroatoms. The average molecular weight is 359 g/mol. The number of hydrogen-bond acceptors (Lipinski definition) is 5. The maximum atomic E-state index is 12.1. The van der Waals surface area contributed by atoms with Crippen molar-refractivity contribution in [2.24, 2.45) is 5.92 Å². The molecule has 5 nitrogen and oxygen atoms in total. The number of carbonyl (C=O) groups excluding carboxylic acids is 1. The lowest BCUT2D eigenvalue weighted by Gasteiger charge is -2.12. The number of aryl methyl sites for hydroxylation is 2. The Morgan fingerprint density at radius 2 is 2.00 bits per heavy atom. The SMILES string of the molecule is CN(C)C(=O)Cc1nc(NCC2CC2)c2c3c(sc2n1)CCCCC3. The zero-order chi connectivity index (χ0) is 17.4. The Kier molecular flexibility index (Phi) is 4.63. The summed E-state index contributed by atoms with van der Waals surface area (Å²) in [5, 5.41) is 4.81. The Bertz CT molecular complexity index is 794. The largest absolute Gasteiger partial charge is 0.369 e. The number of thiophene rings is 1. The molecule has 1 fully saturated rings. The number of likely N-dealkylation sites (N-methyl/N-ethyl adjacent to an activating group) is 1. The first-order valence-corrected chi connectivity index (χ1v) is 10.2. The standard InChI is InChI=1S/C19H26N4OS/c1-23(2)16(24)10-15-21-18(20-11-12-8-9-12)17-13-6-4-3-5-7-14(13)25-19(17)22-15/h12H,3-11H2,1-2H3,(H,20,21,22). The Morgan fingerprint density at radius 3 is 2.76 bits per heavy atom. The van der Waals surface area contributed by atoms with Crippen LogP contribution >= 0.6 is 11.3 Å². The quantitative estimate of drug-likeness (QED) is 0.832. The van der Waals surface area contributed by atoms with Crippen molar-refractivity contribution in [3.63, 3.8) is 0 Å². The van der Waals surface area contributed by atoms with Crippen LogP contribution in [0.2, 0.25) is 0 Å². The monoisotopic (exact) mass is 358 g/mol. The molecular formula is C19H26N4OS. The molecule has 0 saturated heterocycles. The van der Waals surface area contributed by atoms with Crippen LogP contribution in [0.4, 0.5) is 5.82 Å². The van der Waals surface area contributed by atoms with E-state index in [1.165, 1.54) is 47.9 Å². The van der Waals surface area contributed by atoms with Gasteiger partial charge in [0.05, 0.1) is 11.8 Å². The Balaban J connectivity index is 1.74. The molecule has 0 aliphatic heterocycles. The predicted octanol–water partition coefficient (Wildman–Crippen LogP) is 3.41. The van der Waals surface area contributed by atoms with E-state index in [2.05, 4.69) is 5.32 Å². The molecule has 0 atom stereocenters. The van der Waals surface area contributed by atoms with Gasteiger partial charge >= 0.3 is 0 Å². The van der Waals surface area contributed by atoms with Gasteiger partial charge in [0.25, 0.3) is 0 Å². The van der Waals surface area contributed by atoms with E-state index in [1.54, 1.807) is 19.0 Å². The van der Waals surface area contributed by atoms with Gasteiger partial charge in [-0.05, 0) is 50.0 Å². The van der Waals surface area contributed by atoms with Crippen molar-refractivity contribution < 1.29 is 4.79 Å². The second-order valence-electron chi connectivity index (χ2n) is 7.52. The molecular weight excluding hydrogens is 332 g/mol. The fourth-order valence-corrected chi connectivity index (χ4v) is 4.72. The van der Waals surface area contributed by atoms with Crippen LogP contribution in [-0.2, 0) is 24.1 Å². The van der Waals surface area contributed by atoms with Crippen LogP contribution in [0.5, 0.6) is 0 Å². The molecule has 4 rings (SSSR count). The van der Waals surface area contributed by atoms with E-state index in [4.69, 9.17) is 9.97 Å². The summed E-state index contributed by atoms with van der Waals surface area (Å²) in [6, 6.07) is 0. The number of fused-ring (bicyclic) bond motifs is 3. The van der Waals surface area contributed by atoms with E-state index in [0.29, 0.717) is 5.82 Å². The molecule has 1 saturated carbocycles. The molecule has 25 heavy (non-hydrogen) atoms. The van der Waals surface area contributed by atoms with E-state index in [9.17, 15) is 4.79 Å². The van der Waals surface area contributed by atoms with Crippen molar-refractivity contribution in [3.05, 3.63) is 16.3 Å². The zero-order valence-corrected chi connectivity index (χ0v) is 15.9. The second-order valence-corrected chi connectivity index (χ2v) is 8.61. The van der Waals surface area contributed by atoms with Crippen LogP contribution in [0.1, 0.15) is 48.4 Å². The molecule has 0 radical (unpaired) electrons. The number of nitrogens with one attached hydrogen (secondary N) is 1. The van der Waals surface area contributed by atoms with E-state index < -0.39 is 0 Å². The number of nitrogens with zero attached hydrogens (tertiary/aromatic N) is 3. The minimum atomic E-state index is 0.0469. The van der Waals surface area contributed by atoms with Crippen molar-refractivity contribution in [2.75, 3.05) is 26.0 Å². The summed E-state index contributed by atoms with van der Waals surface area (Å²) in [4.78, 5) is 25.8. The van der Waals surface area contributed by atoms with Gasteiger partial charge in [0, 0.05) is 25.5 Å². The summed E-state index contributed by atoms with van der Waals surface area (Å²) >= 11 is 1.81. The third-order valence-electron chi connectivity index (χ3n) is 5.17. The van der Waals surface area contributed by atoms with Crippen LogP contribution in [0.15, 0.2) is 0 Å². The summed E-state index contributed by atoms with van der Waals surface area (Å²) in [6.45, 7) is 0.984. The Hall–Kier alpha value is -1.69. The van der Waals surface area contributed by atoms with Crippen LogP contribution in [0.3, 0.4) is 0 Å². The van der Waals surface area contributed by atoms with Crippen LogP contribution < -0.4 is 5.32 Å². The van der Waals surface area contributed by atoms with Gasteiger partial charge in [-0.1, -0.05) is 6.42 Å². The van der Waals surface area contributed by atoms with Gasteiger partial charge in [0.1, 0.15) is 16.5 Å². The lowest BCUT2D eigenvalue weighted by atomic mass is 10.1. The molecule has 2 aliphatic rings. The highest BCUT2D eigenvalue weighted by Crippen LogP contribution is 2.38. The lowest BCUT2D eigenvalue weighted by molar-refractivity contribution is -0.128. The number of anilines is 1. The molecule has 2 aliphatic carbocycles. The van der Waals surface area contributed by atoms with E-state index >= 15 is 0 Å². The highest BCUT2D eigenvalue weighted by Gasteiger charge is 2.24. The van der Waals surface area contributed by atoms with Crippen LogP contribution in [0.25, 0.3) is 10.2 Å². The highest BCUT2D eigenvalue weighted by atomic mass is 32.1. The van der Waals surface area contributed by atoms with Gasteiger partial charge in [-0.3, -0.25) is 4.79 Å².